The summed E-state index contributed by atoms with van der Waals surface area (Å²) < 4.78 is 0. The van der Waals surface area contributed by atoms with Crippen LogP contribution < -0.4 is 0 Å². The van der Waals surface area contributed by atoms with Gasteiger partial charge in [0.2, 0.25) is 0 Å². The van der Waals surface area contributed by atoms with Crippen LogP contribution in [0.1, 0.15) is 5.56 Å². The molecule has 1 rings (SSSR count). The molecule has 9 heavy (non-hydrogen) atoms. The first-order chi connectivity index (χ1) is 3.93. The molecule has 0 N–H and O–H groups in total. The molecule has 0 fully saturated rings. The van der Waals surface area contributed by atoms with Crippen LogP contribution in [0.3, 0.4) is 0 Å². The maximum Gasteiger partial charge on any atom is 0.0474 e. The van der Waals surface area contributed by atoms with E-state index in [1.165, 1.54) is 5.56 Å². The van der Waals surface area contributed by atoms with Crippen LogP contribution in [-0.4, -0.2) is 0 Å². The van der Waals surface area contributed by atoms with Crippen molar-refractivity contribution in [1.82, 2.24) is 0 Å². The molecular weight excluding hydrogens is 246 g/mol. The molecule has 0 nitrogen and oxygen atoms in total. The van der Waals surface area contributed by atoms with Crippen LogP contribution in [0.15, 0.2) is 30.3 Å². The molecule has 0 atom stereocenters. The van der Waals surface area contributed by atoms with Gasteiger partial charge in [-0.25, -0.2) is 0 Å². The minimum Gasteiger partial charge on any atom is -0.122 e. The Kier molecular flexibility index (Phi) is 5.19. The summed E-state index contributed by atoms with van der Waals surface area (Å²) in [5, 5.41) is 0. The second-order valence-electron chi connectivity index (χ2n) is 1.62. The van der Waals surface area contributed by atoms with Crippen molar-refractivity contribution in [2.75, 3.05) is 0 Å². The van der Waals surface area contributed by atoms with E-state index >= 15 is 0 Å². The Bertz CT molecular complexity index is 150. The van der Waals surface area contributed by atoms with E-state index in [0.29, 0.717) is 5.88 Å². The fourth-order valence-electron chi connectivity index (χ4n) is 0.567. The Morgan fingerprint density at radius 2 is 1.67 bits per heavy atom. The molecule has 0 unspecified atom stereocenters. The first-order valence-corrected chi connectivity index (χ1v) is 3.07. The molecule has 0 aliphatic heterocycles. The van der Waals surface area contributed by atoms with E-state index in [9.17, 15) is 0 Å². The van der Waals surface area contributed by atoms with E-state index in [2.05, 4.69) is 0 Å². The standard InChI is InChI=1S/C7H7Cl.HI/c8-6-7-4-2-1-3-5-7;/h1-5H,6H2;1H. The summed E-state index contributed by atoms with van der Waals surface area (Å²) in [7, 11) is 0. The summed E-state index contributed by atoms with van der Waals surface area (Å²) in [4.78, 5) is 0. The van der Waals surface area contributed by atoms with E-state index in [0.717, 1.165) is 0 Å². The summed E-state index contributed by atoms with van der Waals surface area (Å²) in [6.45, 7) is 0. The van der Waals surface area contributed by atoms with Crippen LogP contribution in [0.5, 0.6) is 0 Å². The lowest BCUT2D eigenvalue weighted by molar-refractivity contribution is 1.41. The van der Waals surface area contributed by atoms with Crippen LogP contribution in [0.4, 0.5) is 0 Å². The predicted octanol–water partition coefficient (Wildman–Crippen LogP) is 3.04. The molecule has 1 aromatic carbocycles. The van der Waals surface area contributed by atoms with Crippen molar-refractivity contribution in [3.8, 4) is 0 Å². The quantitative estimate of drug-likeness (QED) is 0.534. The molecule has 0 aliphatic rings. The Hall–Kier alpha value is 0.240. The highest BCUT2D eigenvalue weighted by atomic mass is 127. The molecule has 0 aromatic heterocycles. The highest BCUT2D eigenvalue weighted by Crippen LogP contribution is 2.00. The van der Waals surface area contributed by atoms with Gasteiger partial charge in [-0.1, -0.05) is 30.3 Å². The lowest BCUT2D eigenvalue weighted by atomic mass is 10.2. The Morgan fingerprint density at radius 1 is 1.11 bits per heavy atom. The number of halogens is 2. The molecule has 0 saturated heterocycles. The van der Waals surface area contributed by atoms with Gasteiger partial charge in [0, 0.05) is 5.88 Å². The van der Waals surface area contributed by atoms with Gasteiger partial charge in [0.1, 0.15) is 0 Å². The normalized spacial score (nSPS) is 8.11. The summed E-state index contributed by atoms with van der Waals surface area (Å²) in [6, 6.07) is 9.96. The molecular formula is C7H8ClI. The van der Waals surface area contributed by atoms with Crippen LogP contribution in [0.25, 0.3) is 0 Å². The molecule has 0 radical (unpaired) electrons. The zero-order valence-electron chi connectivity index (χ0n) is 4.88. The smallest absolute Gasteiger partial charge is 0.0474 e. The van der Waals surface area contributed by atoms with Crippen molar-refractivity contribution in [1.29, 1.82) is 0 Å². The number of rotatable bonds is 1. The topological polar surface area (TPSA) is 0 Å². The molecule has 0 saturated carbocycles. The largest absolute Gasteiger partial charge is 0.122 e. The minimum atomic E-state index is 0. The highest BCUT2D eigenvalue weighted by molar-refractivity contribution is 14.0. The van der Waals surface area contributed by atoms with Crippen LogP contribution >= 0.6 is 35.6 Å². The van der Waals surface area contributed by atoms with Gasteiger partial charge in [0.15, 0.2) is 0 Å². The average molecular weight is 254 g/mol. The van der Waals surface area contributed by atoms with Gasteiger partial charge < -0.3 is 0 Å². The molecule has 0 spiro atoms. The van der Waals surface area contributed by atoms with Gasteiger partial charge >= 0.3 is 0 Å². The molecule has 0 bridgehead atoms. The number of benzene rings is 1. The van der Waals surface area contributed by atoms with Gasteiger partial charge in [-0.05, 0) is 5.56 Å². The van der Waals surface area contributed by atoms with Crippen LogP contribution in [0, 0.1) is 0 Å². The number of hydrogen-bond acceptors (Lipinski definition) is 0. The zero-order chi connectivity index (χ0) is 5.82. The van der Waals surface area contributed by atoms with Crippen molar-refractivity contribution in [2.45, 2.75) is 5.88 Å². The predicted molar refractivity (Wildman–Crippen MR) is 51.4 cm³/mol. The third kappa shape index (κ3) is 3.06. The van der Waals surface area contributed by atoms with Gasteiger partial charge in [-0.2, -0.15) is 0 Å². The average Bonchev–Trinajstić information content (AvgIpc) is 1.90. The molecule has 50 valence electrons. The zero-order valence-corrected chi connectivity index (χ0v) is 7.97. The third-order valence-corrected chi connectivity index (χ3v) is 1.31. The SMILES string of the molecule is ClCc1ccccc1.I. The molecule has 0 heterocycles. The minimum absolute atomic E-state index is 0. The van der Waals surface area contributed by atoms with E-state index in [1.54, 1.807) is 0 Å². The summed E-state index contributed by atoms with van der Waals surface area (Å²) in [5.41, 5.74) is 1.18. The Balaban J connectivity index is 0.000000640. The van der Waals surface area contributed by atoms with Crippen molar-refractivity contribution < 1.29 is 0 Å². The van der Waals surface area contributed by atoms with Gasteiger partial charge in [-0.15, -0.1) is 35.6 Å². The Morgan fingerprint density at radius 3 is 2.00 bits per heavy atom. The van der Waals surface area contributed by atoms with E-state index in [4.69, 9.17) is 11.6 Å². The molecule has 0 amide bonds. The lowest BCUT2D eigenvalue weighted by Crippen LogP contribution is -1.71. The van der Waals surface area contributed by atoms with E-state index in [1.807, 2.05) is 30.3 Å². The van der Waals surface area contributed by atoms with Gasteiger partial charge in [0.05, 0.1) is 0 Å². The lowest BCUT2D eigenvalue weighted by Gasteiger charge is -1.88. The van der Waals surface area contributed by atoms with E-state index < -0.39 is 0 Å². The maximum absolute atomic E-state index is 5.53. The first kappa shape index (κ1) is 9.24. The molecule has 2 heteroatoms. The number of alkyl halides is 1. The van der Waals surface area contributed by atoms with Crippen molar-refractivity contribution in [2.24, 2.45) is 0 Å². The molecule has 1 aromatic rings. The fourth-order valence-corrected chi connectivity index (χ4v) is 0.745. The summed E-state index contributed by atoms with van der Waals surface area (Å²) in [5.74, 6) is 0.612. The second-order valence-corrected chi connectivity index (χ2v) is 1.89. The first-order valence-electron chi connectivity index (χ1n) is 2.53. The van der Waals surface area contributed by atoms with Crippen molar-refractivity contribution in [3.05, 3.63) is 35.9 Å². The summed E-state index contributed by atoms with van der Waals surface area (Å²) in [6.07, 6.45) is 0. The Labute approximate surface area is 77.2 Å². The van der Waals surface area contributed by atoms with Gasteiger partial charge in [0.25, 0.3) is 0 Å². The van der Waals surface area contributed by atoms with Crippen molar-refractivity contribution >= 4 is 35.6 Å². The van der Waals surface area contributed by atoms with Crippen LogP contribution in [-0.2, 0) is 5.88 Å². The maximum atomic E-state index is 5.53. The summed E-state index contributed by atoms with van der Waals surface area (Å²) >= 11 is 5.53. The second kappa shape index (κ2) is 5.06. The number of hydrogen-bond donors (Lipinski definition) is 0. The van der Waals surface area contributed by atoms with Gasteiger partial charge in [-0.3, -0.25) is 0 Å². The monoisotopic (exact) mass is 254 g/mol. The van der Waals surface area contributed by atoms with Crippen LogP contribution in [0.2, 0.25) is 0 Å². The fraction of sp³-hybridized carbons (Fsp3) is 0.143. The highest BCUT2D eigenvalue weighted by Gasteiger charge is 1.81. The third-order valence-electron chi connectivity index (χ3n) is 0.997. The van der Waals surface area contributed by atoms with Crippen molar-refractivity contribution in [3.63, 3.8) is 0 Å². The van der Waals surface area contributed by atoms with E-state index in [-0.39, 0.29) is 24.0 Å². The molecule has 0 aliphatic carbocycles.